The zero-order valence-corrected chi connectivity index (χ0v) is 14.1. The molecule has 5 nitrogen and oxygen atoms in total. The Kier molecular flexibility index (Phi) is 4.76. The van der Waals surface area contributed by atoms with Crippen LogP contribution in [-0.4, -0.2) is 23.2 Å². The summed E-state index contributed by atoms with van der Waals surface area (Å²) in [6, 6.07) is 8.47. The van der Waals surface area contributed by atoms with Crippen LogP contribution in [0.15, 0.2) is 35.4 Å². The number of benzene rings is 1. The van der Waals surface area contributed by atoms with Crippen molar-refractivity contribution in [1.29, 1.82) is 0 Å². The van der Waals surface area contributed by atoms with Gasteiger partial charge in [0.25, 0.3) is 5.91 Å². The summed E-state index contributed by atoms with van der Waals surface area (Å²) < 4.78 is 0. The highest BCUT2D eigenvalue weighted by atomic mass is 32.1. The number of nitrogens with zero attached hydrogens (tertiary/aromatic N) is 1. The molecule has 0 saturated heterocycles. The molecule has 24 heavy (non-hydrogen) atoms. The molecule has 0 bridgehead atoms. The molecular weight excluding hydrogens is 324 g/mol. The summed E-state index contributed by atoms with van der Waals surface area (Å²) in [4.78, 5) is 25.3. The van der Waals surface area contributed by atoms with Gasteiger partial charge < -0.3 is 5.11 Å². The molecule has 3 rings (SSSR count). The molecule has 6 heteroatoms. The summed E-state index contributed by atoms with van der Waals surface area (Å²) in [5.74, 6) is -0.622. The number of rotatable bonds is 4. The van der Waals surface area contributed by atoms with E-state index in [0.717, 1.165) is 12.8 Å². The van der Waals surface area contributed by atoms with Crippen molar-refractivity contribution in [3.8, 4) is 0 Å². The molecule has 0 saturated carbocycles. The van der Waals surface area contributed by atoms with Crippen molar-refractivity contribution in [1.82, 2.24) is 5.43 Å². The Morgan fingerprint density at radius 2 is 2.17 bits per heavy atom. The molecule has 1 aromatic heterocycles. The van der Waals surface area contributed by atoms with E-state index in [1.165, 1.54) is 40.5 Å². The van der Waals surface area contributed by atoms with Gasteiger partial charge in [0.2, 0.25) is 0 Å². The molecule has 2 N–H and O–H groups in total. The number of carboxylic acid groups (broad SMARTS) is 1. The molecule has 1 aromatic carbocycles. The average Bonchev–Trinajstić information content (AvgIpc) is 2.98. The van der Waals surface area contributed by atoms with Crippen molar-refractivity contribution in [3.05, 3.63) is 56.8 Å². The van der Waals surface area contributed by atoms with E-state index in [9.17, 15) is 9.59 Å². The third kappa shape index (κ3) is 3.54. The quantitative estimate of drug-likeness (QED) is 0.661. The van der Waals surface area contributed by atoms with Crippen molar-refractivity contribution >= 4 is 29.4 Å². The van der Waals surface area contributed by atoms with Gasteiger partial charge in [-0.05, 0) is 42.9 Å². The number of carboxylic acids is 1. The first-order valence-corrected chi connectivity index (χ1v) is 8.63. The lowest BCUT2D eigenvalue weighted by Crippen LogP contribution is -2.16. The first-order chi connectivity index (χ1) is 11.5. The van der Waals surface area contributed by atoms with E-state index in [2.05, 4.69) is 17.5 Å². The number of fused-ring (bicyclic) bond motifs is 1. The Morgan fingerprint density at radius 3 is 2.96 bits per heavy atom. The number of hydrazone groups is 1. The van der Waals surface area contributed by atoms with Crippen LogP contribution >= 0.6 is 11.3 Å². The van der Waals surface area contributed by atoms with Gasteiger partial charge in [0.05, 0.1) is 16.7 Å². The standard InChI is InChI=1S/C18H18N2O3S/c1-11-6-7-15-13(8-11)9-16(24-15)17(21)20-19-10-12-4-2-3-5-14(12)18(22)23/h2-5,9-11H,6-8H2,1H3,(H,20,21)(H,22,23)/b19-10+. The number of aryl methyl sites for hydroxylation is 1. The number of carbonyl (C=O) groups is 2. The Labute approximate surface area is 144 Å². The van der Waals surface area contributed by atoms with Crippen LogP contribution in [0.1, 0.15) is 49.4 Å². The van der Waals surface area contributed by atoms with Crippen molar-refractivity contribution in [2.75, 3.05) is 0 Å². The van der Waals surface area contributed by atoms with Gasteiger partial charge in [-0.1, -0.05) is 25.1 Å². The first-order valence-electron chi connectivity index (χ1n) is 7.82. The molecule has 0 spiro atoms. The summed E-state index contributed by atoms with van der Waals surface area (Å²) in [7, 11) is 0. The van der Waals surface area contributed by atoms with Crippen molar-refractivity contribution in [3.63, 3.8) is 0 Å². The Bertz CT molecular complexity index is 810. The van der Waals surface area contributed by atoms with Crippen LogP contribution in [0.2, 0.25) is 0 Å². The lowest BCUT2D eigenvalue weighted by Gasteiger charge is -2.16. The largest absolute Gasteiger partial charge is 0.478 e. The van der Waals surface area contributed by atoms with E-state index in [0.29, 0.717) is 16.4 Å². The summed E-state index contributed by atoms with van der Waals surface area (Å²) in [5, 5.41) is 13.0. The van der Waals surface area contributed by atoms with Crippen molar-refractivity contribution in [2.24, 2.45) is 11.0 Å². The second kappa shape index (κ2) is 6.97. The van der Waals surface area contributed by atoms with Gasteiger partial charge in [-0.3, -0.25) is 4.79 Å². The van der Waals surface area contributed by atoms with E-state index in [1.807, 2.05) is 6.07 Å². The minimum Gasteiger partial charge on any atom is -0.478 e. The highest BCUT2D eigenvalue weighted by Gasteiger charge is 2.20. The molecule has 1 atom stereocenters. The lowest BCUT2D eigenvalue weighted by atomic mass is 9.90. The van der Waals surface area contributed by atoms with E-state index >= 15 is 0 Å². The molecular formula is C18H18N2O3S. The summed E-state index contributed by atoms with van der Waals surface area (Å²) in [6.45, 7) is 2.23. The number of carbonyl (C=O) groups excluding carboxylic acids is 1. The van der Waals surface area contributed by atoms with Crippen LogP contribution in [-0.2, 0) is 12.8 Å². The maximum Gasteiger partial charge on any atom is 0.336 e. The fourth-order valence-corrected chi connectivity index (χ4v) is 3.94. The van der Waals surface area contributed by atoms with Crippen LogP contribution in [0.25, 0.3) is 0 Å². The maximum atomic E-state index is 12.2. The Morgan fingerprint density at radius 1 is 1.38 bits per heavy atom. The van der Waals surface area contributed by atoms with Crippen molar-refractivity contribution in [2.45, 2.75) is 26.2 Å². The SMILES string of the molecule is CC1CCc2sc(C(=O)N/N=C/c3ccccc3C(=O)O)cc2C1. The van der Waals surface area contributed by atoms with Crippen LogP contribution in [0.5, 0.6) is 0 Å². The third-order valence-corrected chi connectivity index (χ3v) is 5.35. The second-order valence-electron chi connectivity index (χ2n) is 6.00. The van der Waals surface area contributed by atoms with E-state index in [4.69, 9.17) is 5.11 Å². The molecule has 1 amide bonds. The molecule has 1 unspecified atom stereocenters. The van der Waals surface area contributed by atoms with Gasteiger partial charge >= 0.3 is 5.97 Å². The molecule has 0 radical (unpaired) electrons. The number of amides is 1. The van der Waals surface area contributed by atoms with Gasteiger partial charge in [0.1, 0.15) is 0 Å². The molecule has 1 heterocycles. The smallest absolute Gasteiger partial charge is 0.336 e. The maximum absolute atomic E-state index is 12.2. The minimum atomic E-state index is -1.02. The summed E-state index contributed by atoms with van der Waals surface area (Å²) in [6.07, 6.45) is 4.58. The fraction of sp³-hybridized carbons (Fsp3) is 0.278. The lowest BCUT2D eigenvalue weighted by molar-refractivity contribution is 0.0696. The number of hydrogen-bond donors (Lipinski definition) is 2. The second-order valence-corrected chi connectivity index (χ2v) is 7.14. The highest BCUT2D eigenvalue weighted by molar-refractivity contribution is 7.14. The van der Waals surface area contributed by atoms with Gasteiger partial charge in [-0.15, -0.1) is 11.3 Å². The van der Waals surface area contributed by atoms with Gasteiger partial charge in [-0.25, -0.2) is 10.2 Å². The van der Waals surface area contributed by atoms with Gasteiger partial charge in [0.15, 0.2) is 0 Å². The van der Waals surface area contributed by atoms with Crippen molar-refractivity contribution < 1.29 is 14.7 Å². The number of hydrogen-bond acceptors (Lipinski definition) is 4. The Balaban J connectivity index is 1.69. The number of aromatic carboxylic acids is 1. The number of nitrogens with one attached hydrogen (secondary N) is 1. The molecule has 124 valence electrons. The highest BCUT2D eigenvalue weighted by Crippen LogP contribution is 2.32. The molecule has 1 aliphatic carbocycles. The fourth-order valence-electron chi connectivity index (χ4n) is 2.84. The monoisotopic (exact) mass is 342 g/mol. The normalized spacial score (nSPS) is 16.8. The minimum absolute atomic E-state index is 0.149. The molecule has 1 aliphatic rings. The zero-order chi connectivity index (χ0) is 17.1. The van der Waals surface area contributed by atoms with Crippen LogP contribution in [0.3, 0.4) is 0 Å². The van der Waals surface area contributed by atoms with E-state index < -0.39 is 5.97 Å². The first kappa shape index (κ1) is 16.4. The van der Waals surface area contributed by atoms with Gasteiger partial charge in [0, 0.05) is 10.4 Å². The van der Waals surface area contributed by atoms with Crippen LogP contribution in [0, 0.1) is 5.92 Å². The predicted octanol–water partition coefficient (Wildman–Crippen LogP) is 3.34. The Hall–Kier alpha value is -2.47. The number of thiophene rings is 1. The molecule has 0 aliphatic heterocycles. The van der Waals surface area contributed by atoms with Crippen LogP contribution < -0.4 is 5.43 Å². The summed E-state index contributed by atoms with van der Waals surface area (Å²) >= 11 is 1.52. The van der Waals surface area contributed by atoms with E-state index in [1.54, 1.807) is 18.2 Å². The molecule has 2 aromatic rings. The zero-order valence-electron chi connectivity index (χ0n) is 13.3. The van der Waals surface area contributed by atoms with Crippen LogP contribution in [0.4, 0.5) is 0 Å². The topological polar surface area (TPSA) is 78.8 Å². The molecule has 0 fully saturated rings. The third-order valence-electron chi connectivity index (χ3n) is 4.11. The van der Waals surface area contributed by atoms with E-state index in [-0.39, 0.29) is 11.5 Å². The van der Waals surface area contributed by atoms with Gasteiger partial charge in [-0.2, -0.15) is 5.10 Å². The average molecular weight is 342 g/mol. The summed E-state index contributed by atoms with van der Waals surface area (Å²) in [5.41, 5.74) is 4.35. The predicted molar refractivity (Wildman–Crippen MR) is 94.0 cm³/mol.